The number of benzene rings is 2. The summed E-state index contributed by atoms with van der Waals surface area (Å²) in [5, 5.41) is 10.5. The van der Waals surface area contributed by atoms with E-state index in [1.165, 1.54) is 20.3 Å². The fourth-order valence-corrected chi connectivity index (χ4v) is 2.64. The van der Waals surface area contributed by atoms with Crippen LogP contribution in [0.4, 0.5) is 0 Å². The molecule has 0 unspecified atom stereocenters. The number of allylic oxidation sites excluding steroid dienone is 1. The normalized spacial score (nSPS) is 12.3. The van der Waals surface area contributed by atoms with Crippen LogP contribution >= 0.6 is 0 Å². The van der Waals surface area contributed by atoms with E-state index in [4.69, 9.17) is 23.7 Å². The van der Waals surface area contributed by atoms with Crippen molar-refractivity contribution in [2.24, 2.45) is 0 Å². The molecule has 136 valence electrons. The molecule has 7 heteroatoms. The van der Waals surface area contributed by atoms with Gasteiger partial charge in [-0.2, -0.15) is 0 Å². The van der Waals surface area contributed by atoms with E-state index in [0.717, 1.165) is 5.56 Å². The Bertz CT molecular complexity index is 853. The predicted molar refractivity (Wildman–Crippen MR) is 93.7 cm³/mol. The van der Waals surface area contributed by atoms with Crippen molar-refractivity contribution in [1.29, 1.82) is 0 Å². The SMILES string of the molecule is COc1ccc(/C=C/C(=O)c2c(O)c(OC)c3c(c2OC)OCO3)cc1. The first kappa shape index (κ1) is 17.5. The third-order valence-electron chi connectivity index (χ3n) is 3.90. The van der Waals surface area contributed by atoms with Crippen LogP contribution in [0.3, 0.4) is 0 Å². The molecule has 1 N–H and O–H groups in total. The molecule has 0 saturated carbocycles. The highest BCUT2D eigenvalue weighted by Crippen LogP contribution is 2.55. The summed E-state index contributed by atoms with van der Waals surface area (Å²) in [5.41, 5.74) is 0.740. The summed E-state index contributed by atoms with van der Waals surface area (Å²) in [4.78, 5) is 12.7. The van der Waals surface area contributed by atoms with Crippen molar-refractivity contribution >= 4 is 11.9 Å². The molecule has 0 atom stereocenters. The van der Waals surface area contributed by atoms with Crippen LogP contribution in [-0.2, 0) is 0 Å². The fourth-order valence-electron chi connectivity index (χ4n) is 2.64. The second kappa shape index (κ2) is 7.26. The topological polar surface area (TPSA) is 83.5 Å². The standard InChI is InChI=1S/C19H18O7/c1-22-12-7-4-11(5-8-12)6-9-13(20)14-15(21)17(24-3)19-18(16(14)23-2)25-10-26-19/h4-9,21H,10H2,1-3H3/b9-6+. The molecule has 1 heterocycles. The van der Waals surface area contributed by atoms with Gasteiger partial charge in [-0.25, -0.2) is 0 Å². The highest BCUT2D eigenvalue weighted by Gasteiger charge is 2.33. The lowest BCUT2D eigenvalue weighted by atomic mass is 10.0. The predicted octanol–water partition coefficient (Wildman–Crippen LogP) is 3.04. The average Bonchev–Trinajstić information content (AvgIpc) is 3.14. The van der Waals surface area contributed by atoms with Gasteiger partial charge in [0.25, 0.3) is 0 Å². The Labute approximate surface area is 150 Å². The van der Waals surface area contributed by atoms with Crippen molar-refractivity contribution in [3.63, 3.8) is 0 Å². The van der Waals surface area contributed by atoms with Gasteiger partial charge in [0.1, 0.15) is 11.3 Å². The van der Waals surface area contributed by atoms with Gasteiger partial charge in [-0.15, -0.1) is 0 Å². The Kier molecular flexibility index (Phi) is 4.88. The van der Waals surface area contributed by atoms with Crippen molar-refractivity contribution in [3.8, 4) is 34.5 Å². The van der Waals surface area contributed by atoms with E-state index in [2.05, 4.69) is 0 Å². The lowest BCUT2D eigenvalue weighted by Gasteiger charge is -2.14. The van der Waals surface area contributed by atoms with Crippen LogP contribution in [0.5, 0.6) is 34.5 Å². The molecule has 1 aliphatic heterocycles. The molecule has 1 aliphatic rings. The first-order valence-electron chi connectivity index (χ1n) is 7.73. The zero-order valence-corrected chi connectivity index (χ0v) is 14.6. The number of hydrogen-bond acceptors (Lipinski definition) is 7. The highest BCUT2D eigenvalue weighted by molar-refractivity contribution is 6.12. The Morgan fingerprint density at radius 1 is 1.00 bits per heavy atom. The van der Waals surface area contributed by atoms with E-state index in [1.54, 1.807) is 37.5 Å². The molecule has 0 radical (unpaired) electrons. The molecule has 0 aromatic heterocycles. The maximum absolute atomic E-state index is 12.7. The van der Waals surface area contributed by atoms with Crippen LogP contribution in [0.2, 0.25) is 0 Å². The number of phenolic OH excluding ortho intramolecular Hbond substituents is 1. The Hall–Kier alpha value is -3.35. The Morgan fingerprint density at radius 2 is 1.62 bits per heavy atom. The second-order valence-corrected chi connectivity index (χ2v) is 5.33. The van der Waals surface area contributed by atoms with Crippen LogP contribution < -0.4 is 23.7 Å². The van der Waals surface area contributed by atoms with Crippen LogP contribution in [0.15, 0.2) is 30.3 Å². The molecule has 26 heavy (non-hydrogen) atoms. The average molecular weight is 358 g/mol. The molecule has 0 amide bonds. The maximum atomic E-state index is 12.7. The van der Waals surface area contributed by atoms with Gasteiger partial charge in [0.15, 0.2) is 17.3 Å². The summed E-state index contributed by atoms with van der Waals surface area (Å²) in [6.45, 7) is -0.0547. The van der Waals surface area contributed by atoms with Gasteiger partial charge < -0.3 is 28.8 Å². The monoisotopic (exact) mass is 358 g/mol. The molecule has 2 aromatic rings. The molecule has 0 fully saturated rings. The molecular weight excluding hydrogens is 340 g/mol. The molecule has 0 bridgehead atoms. The van der Waals surface area contributed by atoms with E-state index >= 15 is 0 Å². The summed E-state index contributed by atoms with van der Waals surface area (Å²) < 4.78 is 26.2. The summed E-state index contributed by atoms with van der Waals surface area (Å²) in [7, 11) is 4.33. The van der Waals surface area contributed by atoms with E-state index in [-0.39, 0.29) is 41.1 Å². The number of carbonyl (C=O) groups excluding carboxylic acids is 1. The van der Waals surface area contributed by atoms with Crippen LogP contribution in [0.1, 0.15) is 15.9 Å². The zero-order valence-electron chi connectivity index (χ0n) is 14.6. The quantitative estimate of drug-likeness (QED) is 0.628. The fraction of sp³-hybridized carbons (Fsp3) is 0.211. The number of carbonyl (C=O) groups is 1. The number of aromatic hydroxyl groups is 1. The minimum absolute atomic E-state index is 0.0273. The van der Waals surface area contributed by atoms with Crippen LogP contribution in [-0.4, -0.2) is 39.0 Å². The maximum Gasteiger partial charge on any atom is 0.231 e. The molecular formula is C19H18O7. The Morgan fingerprint density at radius 3 is 2.19 bits per heavy atom. The largest absolute Gasteiger partial charge is 0.504 e. The molecule has 7 nitrogen and oxygen atoms in total. The summed E-state index contributed by atoms with van der Waals surface area (Å²) in [6.07, 6.45) is 2.96. The lowest BCUT2D eigenvalue weighted by molar-refractivity contribution is 0.104. The van der Waals surface area contributed by atoms with Crippen LogP contribution in [0.25, 0.3) is 6.08 Å². The molecule has 0 saturated heterocycles. The van der Waals surface area contributed by atoms with Gasteiger partial charge >= 0.3 is 0 Å². The van der Waals surface area contributed by atoms with E-state index in [0.29, 0.717) is 5.75 Å². The number of methoxy groups -OCH3 is 3. The number of phenols is 1. The van der Waals surface area contributed by atoms with Crippen molar-refractivity contribution in [2.75, 3.05) is 28.1 Å². The summed E-state index contributed by atoms with van der Waals surface area (Å²) in [5.74, 6) is 0.443. The van der Waals surface area contributed by atoms with Gasteiger partial charge in [0.05, 0.1) is 21.3 Å². The smallest absolute Gasteiger partial charge is 0.231 e. The third-order valence-corrected chi connectivity index (χ3v) is 3.90. The number of hydrogen-bond donors (Lipinski definition) is 1. The van der Waals surface area contributed by atoms with Crippen LogP contribution in [0, 0.1) is 0 Å². The first-order valence-corrected chi connectivity index (χ1v) is 7.73. The molecule has 2 aromatic carbocycles. The number of rotatable bonds is 6. The highest BCUT2D eigenvalue weighted by atomic mass is 16.7. The third kappa shape index (κ3) is 2.99. The minimum atomic E-state index is -0.466. The van der Waals surface area contributed by atoms with Gasteiger partial charge in [-0.3, -0.25) is 4.79 Å². The van der Waals surface area contributed by atoms with Crippen molar-refractivity contribution in [3.05, 3.63) is 41.5 Å². The van der Waals surface area contributed by atoms with E-state index < -0.39 is 5.78 Å². The first-order chi connectivity index (χ1) is 12.6. The Balaban J connectivity index is 1.99. The van der Waals surface area contributed by atoms with Crippen molar-refractivity contribution < 1.29 is 33.6 Å². The lowest BCUT2D eigenvalue weighted by Crippen LogP contribution is -2.02. The molecule has 0 aliphatic carbocycles. The van der Waals surface area contributed by atoms with Gasteiger partial charge in [0, 0.05) is 0 Å². The number of ether oxygens (including phenoxy) is 5. The molecule has 3 rings (SSSR count). The zero-order chi connectivity index (χ0) is 18.7. The van der Waals surface area contributed by atoms with E-state index in [9.17, 15) is 9.90 Å². The second-order valence-electron chi connectivity index (χ2n) is 5.33. The summed E-state index contributed by atoms with van der Waals surface area (Å²) in [6, 6.07) is 7.18. The van der Waals surface area contributed by atoms with Crippen molar-refractivity contribution in [1.82, 2.24) is 0 Å². The van der Waals surface area contributed by atoms with Crippen molar-refractivity contribution in [2.45, 2.75) is 0 Å². The van der Waals surface area contributed by atoms with Gasteiger partial charge in [0.2, 0.25) is 24.0 Å². The number of ketones is 1. The molecule has 0 spiro atoms. The number of fused-ring (bicyclic) bond motifs is 1. The van der Waals surface area contributed by atoms with E-state index in [1.807, 2.05) is 0 Å². The van der Waals surface area contributed by atoms with Gasteiger partial charge in [-0.05, 0) is 23.8 Å². The minimum Gasteiger partial charge on any atom is -0.504 e. The van der Waals surface area contributed by atoms with Gasteiger partial charge in [-0.1, -0.05) is 18.2 Å². The summed E-state index contributed by atoms with van der Waals surface area (Å²) >= 11 is 0.